The van der Waals surface area contributed by atoms with E-state index in [9.17, 15) is 0 Å². The summed E-state index contributed by atoms with van der Waals surface area (Å²) in [7, 11) is 0. The first-order chi connectivity index (χ1) is 12.6. The van der Waals surface area contributed by atoms with Crippen molar-refractivity contribution in [2.45, 2.75) is 25.9 Å². The third-order valence-electron chi connectivity index (χ3n) is 4.88. The fraction of sp³-hybridized carbons (Fsp3) is 0.444. The molecule has 8 heteroatoms. The average Bonchev–Trinajstić information content (AvgIpc) is 3.21. The first-order valence-corrected chi connectivity index (χ1v) is 10.00. The van der Waals surface area contributed by atoms with Crippen LogP contribution in [0, 0.1) is 0 Å². The van der Waals surface area contributed by atoms with Gasteiger partial charge in [0.1, 0.15) is 0 Å². The minimum absolute atomic E-state index is 0.291. The van der Waals surface area contributed by atoms with Crippen LogP contribution in [0.4, 0.5) is 5.13 Å². The molecule has 138 valence electrons. The van der Waals surface area contributed by atoms with Crippen molar-refractivity contribution in [3.05, 3.63) is 35.5 Å². The topological polar surface area (TPSA) is 54.7 Å². The van der Waals surface area contributed by atoms with Crippen molar-refractivity contribution in [3.63, 3.8) is 0 Å². The molecule has 0 spiro atoms. The molecule has 0 radical (unpaired) electrons. The van der Waals surface area contributed by atoms with E-state index in [0.29, 0.717) is 12.1 Å². The SMILES string of the molecule is CC(Nc1nn2cc(-c3ccc(Cl)cc3)nc2s1)C(C)N1CCOCC1. The standard InChI is InChI=1S/C18H22ClN5OS/c1-12(13(2)23-7-9-25-10-8-23)20-17-22-24-11-16(21-18(24)26-17)14-3-5-15(19)6-4-14/h3-6,11-13H,7-10H2,1-2H3,(H,20,22). The lowest BCUT2D eigenvalue weighted by molar-refractivity contribution is 0.0176. The molecule has 26 heavy (non-hydrogen) atoms. The Bertz CT molecular complexity index is 840. The number of fused-ring (bicyclic) bond motifs is 1. The van der Waals surface area contributed by atoms with Crippen LogP contribution in [0.25, 0.3) is 16.2 Å². The van der Waals surface area contributed by atoms with Crippen molar-refractivity contribution in [2.24, 2.45) is 0 Å². The summed E-state index contributed by atoms with van der Waals surface area (Å²) in [5.41, 5.74) is 1.94. The Balaban J connectivity index is 1.46. The van der Waals surface area contributed by atoms with E-state index in [-0.39, 0.29) is 0 Å². The lowest BCUT2D eigenvalue weighted by Gasteiger charge is -2.35. The summed E-state index contributed by atoms with van der Waals surface area (Å²) in [6, 6.07) is 8.40. The van der Waals surface area contributed by atoms with Crippen LogP contribution in [0.5, 0.6) is 0 Å². The number of nitrogens with zero attached hydrogens (tertiary/aromatic N) is 4. The minimum atomic E-state index is 0.291. The molecule has 1 fully saturated rings. The number of nitrogens with one attached hydrogen (secondary N) is 1. The van der Waals surface area contributed by atoms with Crippen LogP contribution in [-0.4, -0.2) is 57.9 Å². The molecule has 1 saturated heterocycles. The lowest BCUT2D eigenvalue weighted by atomic mass is 10.1. The number of aromatic nitrogens is 3. The van der Waals surface area contributed by atoms with Gasteiger partial charge in [0.2, 0.25) is 10.1 Å². The molecule has 4 rings (SSSR count). The molecule has 2 unspecified atom stereocenters. The number of imidazole rings is 1. The van der Waals surface area contributed by atoms with Gasteiger partial charge in [-0.3, -0.25) is 4.90 Å². The first kappa shape index (κ1) is 17.7. The molecule has 0 bridgehead atoms. The van der Waals surface area contributed by atoms with E-state index in [1.54, 1.807) is 11.3 Å². The highest BCUT2D eigenvalue weighted by molar-refractivity contribution is 7.20. The van der Waals surface area contributed by atoms with E-state index in [4.69, 9.17) is 16.3 Å². The first-order valence-electron chi connectivity index (χ1n) is 8.80. The van der Waals surface area contributed by atoms with Gasteiger partial charge in [-0.15, -0.1) is 5.10 Å². The molecule has 3 aromatic rings. The van der Waals surface area contributed by atoms with Crippen LogP contribution < -0.4 is 5.32 Å². The Labute approximate surface area is 161 Å². The van der Waals surface area contributed by atoms with Crippen LogP contribution in [-0.2, 0) is 4.74 Å². The molecule has 2 atom stereocenters. The fourth-order valence-electron chi connectivity index (χ4n) is 3.13. The zero-order valence-electron chi connectivity index (χ0n) is 14.9. The average molecular weight is 392 g/mol. The van der Waals surface area contributed by atoms with Crippen molar-refractivity contribution in [2.75, 3.05) is 31.6 Å². The smallest absolute Gasteiger partial charge is 0.214 e. The lowest BCUT2D eigenvalue weighted by Crippen LogP contribution is -2.48. The summed E-state index contributed by atoms with van der Waals surface area (Å²) in [6.07, 6.45) is 1.95. The zero-order valence-corrected chi connectivity index (χ0v) is 16.4. The number of ether oxygens (including phenoxy) is 1. The number of hydrogen-bond acceptors (Lipinski definition) is 6. The molecule has 0 amide bonds. The monoisotopic (exact) mass is 391 g/mol. The predicted octanol–water partition coefficient (Wildman–Crippen LogP) is 3.63. The van der Waals surface area contributed by atoms with Crippen molar-refractivity contribution in [3.8, 4) is 11.3 Å². The minimum Gasteiger partial charge on any atom is -0.379 e. The maximum Gasteiger partial charge on any atom is 0.214 e. The molecule has 1 aliphatic heterocycles. The van der Waals surface area contributed by atoms with Gasteiger partial charge >= 0.3 is 0 Å². The molecule has 1 aromatic carbocycles. The summed E-state index contributed by atoms with van der Waals surface area (Å²) in [5, 5.41) is 9.78. The van der Waals surface area contributed by atoms with E-state index < -0.39 is 0 Å². The van der Waals surface area contributed by atoms with Gasteiger partial charge in [-0.05, 0) is 26.0 Å². The third-order valence-corrected chi connectivity index (χ3v) is 5.99. The van der Waals surface area contributed by atoms with Gasteiger partial charge in [-0.25, -0.2) is 9.50 Å². The largest absolute Gasteiger partial charge is 0.379 e. The Morgan fingerprint density at radius 3 is 2.62 bits per heavy atom. The van der Waals surface area contributed by atoms with Crippen molar-refractivity contribution in [1.82, 2.24) is 19.5 Å². The van der Waals surface area contributed by atoms with Crippen molar-refractivity contribution >= 4 is 33.0 Å². The van der Waals surface area contributed by atoms with Crippen LogP contribution in [0.15, 0.2) is 30.5 Å². The molecule has 2 aromatic heterocycles. The van der Waals surface area contributed by atoms with Crippen LogP contribution in [0.1, 0.15) is 13.8 Å². The van der Waals surface area contributed by atoms with Gasteiger partial charge in [0.15, 0.2) is 0 Å². The van der Waals surface area contributed by atoms with Gasteiger partial charge in [-0.2, -0.15) is 0 Å². The molecular formula is C18H22ClN5OS. The van der Waals surface area contributed by atoms with Crippen molar-refractivity contribution < 1.29 is 4.74 Å². The molecule has 1 N–H and O–H groups in total. The van der Waals surface area contributed by atoms with Gasteiger partial charge in [0.05, 0.1) is 25.1 Å². The van der Waals surface area contributed by atoms with E-state index in [1.165, 1.54) is 0 Å². The Hall–Kier alpha value is -1.67. The highest BCUT2D eigenvalue weighted by atomic mass is 35.5. The molecular weight excluding hydrogens is 370 g/mol. The number of rotatable bonds is 5. The highest BCUT2D eigenvalue weighted by Gasteiger charge is 2.23. The quantitative estimate of drug-likeness (QED) is 0.719. The highest BCUT2D eigenvalue weighted by Crippen LogP contribution is 2.26. The van der Waals surface area contributed by atoms with Gasteiger partial charge in [0.25, 0.3) is 0 Å². The van der Waals surface area contributed by atoms with Crippen LogP contribution >= 0.6 is 22.9 Å². The summed E-state index contributed by atoms with van der Waals surface area (Å²) >= 11 is 7.52. The van der Waals surface area contributed by atoms with Gasteiger partial charge in [-0.1, -0.05) is 35.1 Å². The van der Waals surface area contributed by atoms with Crippen LogP contribution in [0.3, 0.4) is 0 Å². The van der Waals surface area contributed by atoms with E-state index in [0.717, 1.165) is 52.7 Å². The van der Waals surface area contributed by atoms with E-state index >= 15 is 0 Å². The van der Waals surface area contributed by atoms with E-state index in [2.05, 4.69) is 34.1 Å². The maximum atomic E-state index is 5.95. The summed E-state index contributed by atoms with van der Waals surface area (Å²) in [4.78, 5) is 8.02. The normalized spacial score (nSPS) is 18.1. The second-order valence-corrected chi connectivity index (χ2v) is 7.98. The maximum absolute atomic E-state index is 5.95. The van der Waals surface area contributed by atoms with Gasteiger partial charge in [0, 0.05) is 35.8 Å². The Morgan fingerprint density at radius 2 is 1.92 bits per heavy atom. The van der Waals surface area contributed by atoms with Crippen LogP contribution in [0.2, 0.25) is 5.02 Å². The summed E-state index contributed by atoms with van der Waals surface area (Å²) < 4.78 is 7.28. The third kappa shape index (κ3) is 3.71. The molecule has 3 heterocycles. The Morgan fingerprint density at radius 1 is 1.19 bits per heavy atom. The summed E-state index contributed by atoms with van der Waals surface area (Å²) in [5.74, 6) is 0. The zero-order chi connectivity index (χ0) is 18.1. The van der Waals surface area contributed by atoms with Gasteiger partial charge < -0.3 is 10.1 Å². The second kappa shape index (κ2) is 7.52. The fourth-order valence-corrected chi connectivity index (χ4v) is 4.14. The molecule has 6 nitrogen and oxygen atoms in total. The van der Waals surface area contributed by atoms with E-state index in [1.807, 2.05) is 35.0 Å². The summed E-state index contributed by atoms with van der Waals surface area (Å²) in [6.45, 7) is 8.05. The number of hydrogen-bond donors (Lipinski definition) is 1. The number of halogens is 1. The predicted molar refractivity (Wildman–Crippen MR) is 106 cm³/mol. The number of anilines is 1. The Kier molecular flexibility index (Phi) is 5.13. The second-order valence-electron chi connectivity index (χ2n) is 6.59. The molecule has 1 aliphatic rings. The molecule has 0 aliphatic carbocycles. The van der Waals surface area contributed by atoms with Crippen molar-refractivity contribution in [1.29, 1.82) is 0 Å². The molecule has 0 saturated carbocycles. The number of benzene rings is 1. The number of morpholine rings is 1.